The molecule has 5 nitrogen and oxygen atoms in total. The molecule has 0 atom stereocenters. The Balaban J connectivity index is 2.06. The average molecular weight is 423 g/mol. The van der Waals surface area contributed by atoms with E-state index in [1.807, 2.05) is 0 Å². The number of methoxy groups -OCH3 is 2. The number of carbonyl (C=O) groups excluding carboxylic acids is 1. The number of unbranched alkanes of at least 4 members (excludes halogenated alkanes) is 1. The average Bonchev–Trinajstić information content (AvgIpc) is 2.71. The molecule has 0 aliphatic rings. The zero-order valence-electron chi connectivity index (χ0n) is 16.8. The van der Waals surface area contributed by atoms with Crippen molar-refractivity contribution in [1.82, 2.24) is 5.32 Å². The summed E-state index contributed by atoms with van der Waals surface area (Å²) in [6, 6.07) is 10.5. The summed E-state index contributed by atoms with van der Waals surface area (Å²) in [5.74, 6) is 0.0830. The lowest BCUT2D eigenvalue weighted by molar-refractivity contribution is -0.274. The van der Waals surface area contributed by atoms with Gasteiger partial charge in [0.1, 0.15) is 11.5 Å². The third-order valence-corrected chi connectivity index (χ3v) is 4.12. The number of amides is 1. The number of hydrogen-bond acceptors (Lipinski definition) is 4. The highest BCUT2D eigenvalue weighted by Crippen LogP contribution is 2.25. The summed E-state index contributed by atoms with van der Waals surface area (Å²) < 4.78 is 50.9. The first-order valence-electron chi connectivity index (χ1n) is 9.31. The third kappa shape index (κ3) is 7.79. The number of halogens is 3. The molecule has 2 aromatic rings. The molecular formula is C22H24F3NO4. The number of nitrogens with one attached hydrogen (secondary N) is 1. The normalized spacial score (nSPS) is 11.5. The molecule has 8 heteroatoms. The summed E-state index contributed by atoms with van der Waals surface area (Å²) >= 11 is 0. The van der Waals surface area contributed by atoms with Crippen LogP contribution in [0.1, 0.15) is 34.3 Å². The maximum absolute atomic E-state index is 12.3. The van der Waals surface area contributed by atoms with Gasteiger partial charge in [-0.1, -0.05) is 24.3 Å². The van der Waals surface area contributed by atoms with Crippen LogP contribution >= 0.6 is 0 Å². The molecular weight excluding hydrogens is 399 g/mol. The highest BCUT2D eigenvalue weighted by molar-refractivity contribution is 5.95. The van der Waals surface area contributed by atoms with Crippen molar-refractivity contribution in [3.8, 4) is 11.5 Å². The van der Waals surface area contributed by atoms with E-state index in [4.69, 9.17) is 9.47 Å². The Kier molecular flexibility index (Phi) is 8.73. The number of carbonyl (C=O) groups is 1. The minimum Gasteiger partial charge on any atom is -0.496 e. The largest absolute Gasteiger partial charge is 0.573 e. The van der Waals surface area contributed by atoms with E-state index < -0.39 is 6.36 Å². The van der Waals surface area contributed by atoms with E-state index in [1.165, 1.54) is 31.4 Å². The second kappa shape index (κ2) is 11.3. The van der Waals surface area contributed by atoms with Gasteiger partial charge in [0.15, 0.2) is 0 Å². The Bertz CT molecular complexity index is 848. The van der Waals surface area contributed by atoms with Gasteiger partial charge in [0.25, 0.3) is 5.91 Å². The van der Waals surface area contributed by atoms with Crippen LogP contribution in [0.5, 0.6) is 11.5 Å². The summed E-state index contributed by atoms with van der Waals surface area (Å²) in [5.41, 5.74) is 1.82. The number of benzene rings is 2. The summed E-state index contributed by atoms with van der Waals surface area (Å²) in [4.78, 5) is 12.3. The molecule has 0 radical (unpaired) electrons. The first kappa shape index (κ1) is 23.3. The first-order valence-corrected chi connectivity index (χ1v) is 9.31. The molecule has 0 heterocycles. The minimum absolute atomic E-state index is 0.196. The zero-order chi connectivity index (χ0) is 22.0. The van der Waals surface area contributed by atoms with Crippen molar-refractivity contribution >= 4 is 18.1 Å². The Morgan fingerprint density at radius 3 is 2.40 bits per heavy atom. The van der Waals surface area contributed by atoms with E-state index in [0.717, 1.165) is 12.8 Å². The lowest BCUT2D eigenvalue weighted by atomic mass is 10.1. The molecule has 0 fully saturated rings. The second-order valence-corrected chi connectivity index (χ2v) is 6.36. The van der Waals surface area contributed by atoms with Crippen molar-refractivity contribution in [2.24, 2.45) is 0 Å². The molecule has 0 aliphatic heterocycles. The standard InChI is InChI=1S/C22H24F3NO4/c1-28-14-4-3-13-26-21(27)18-9-12-20(29-2)17(15-18)8-5-16-6-10-19(11-7-16)30-22(23,24)25/h5-12,15H,3-4,13-14H2,1-2H3,(H,26,27). The van der Waals surface area contributed by atoms with Gasteiger partial charge in [0.05, 0.1) is 7.11 Å². The lowest BCUT2D eigenvalue weighted by Crippen LogP contribution is -2.24. The Morgan fingerprint density at radius 2 is 1.77 bits per heavy atom. The summed E-state index contributed by atoms with van der Waals surface area (Å²) in [6.45, 7) is 1.20. The topological polar surface area (TPSA) is 56.8 Å². The Labute approximate surface area is 173 Å². The third-order valence-electron chi connectivity index (χ3n) is 4.12. The molecule has 0 aliphatic carbocycles. The highest BCUT2D eigenvalue weighted by atomic mass is 19.4. The van der Waals surface area contributed by atoms with E-state index in [2.05, 4.69) is 10.1 Å². The molecule has 162 valence electrons. The van der Waals surface area contributed by atoms with E-state index >= 15 is 0 Å². The molecule has 0 bridgehead atoms. The van der Waals surface area contributed by atoms with Gasteiger partial charge in [0, 0.05) is 31.4 Å². The Morgan fingerprint density at radius 1 is 1.03 bits per heavy atom. The van der Waals surface area contributed by atoms with Gasteiger partial charge in [-0.3, -0.25) is 4.79 Å². The van der Waals surface area contributed by atoms with E-state index in [0.29, 0.717) is 35.6 Å². The number of ether oxygens (including phenoxy) is 3. The summed E-state index contributed by atoms with van der Waals surface area (Å²) in [5, 5.41) is 2.86. The maximum atomic E-state index is 12.3. The van der Waals surface area contributed by atoms with Crippen LogP contribution in [0.3, 0.4) is 0 Å². The molecule has 30 heavy (non-hydrogen) atoms. The molecule has 0 saturated carbocycles. The fourth-order valence-corrected chi connectivity index (χ4v) is 2.65. The van der Waals surface area contributed by atoms with Crippen LogP contribution < -0.4 is 14.8 Å². The summed E-state index contributed by atoms with van der Waals surface area (Å²) in [6.07, 6.45) is 0.391. The summed E-state index contributed by atoms with van der Waals surface area (Å²) in [7, 11) is 3.15. The second-order valence-electron chi connectivity index (χ2n) is 6.36. The predicted molar refractivity (Wildman–Crippen MR) is 108 cm³/mol. The van der Waals surface area contributed by atoms with Crippen LogP contribution in [0.2, 0.25) is 0 Å². The van der Waals surface area contributed by atoms with Crippen LogP contribution in [-0.2, 0) is 4.74 Å². The van der Waals surface area contributed by atoms with Gasteiger partial charge in [0.2, 0.25) is 0 Å². The smallest absolute Gasteiger partial charge is 0.496 e. The number of rotatable bonds is 10. The SMILES string of the molecule is COCCCCNC(=O)c1ccc(OC)c(C=Cc2ccc(OC(F)(F)F)cc2)c1. The molecule has 0 aromatic heterocycles. The van der Waals surface area contributed by atoms with Gasteiger partial charge in [-0.25, -0.2) is 0 Å². The van der Waals surface area contributed by atoms with Crippen molar-refractivity contribution in [2.75, 3.05) is 27.4 Å². The molecule has 1 amide bonds. The van der Waals surface area contributed by atoms with Gasteiger partial charge >= 0.3 is 6.36 Å². The number of alkyl halides is 3. The van der Waals surface area contributed by atoms with E-state index in [-0.39, 0.29) is 11.7 Å². The Hall–Kier alpha value is -3.00. The molecule has 2 aromatic carbocycles. The predicted octanol–water partition coefficient (Wildman–Crippen LogP) is 4.92. The van der Waals surface area contributed by atoms with E-state index in [9.17, 15) is 18.0 Å². The van der Waals surface area contributed by atoms with Crippen LogP contribution in [0, 0.1) is 0 Å². The van der Waals surface area contributed by atoms with E-state index in [1.54, 1.807) is 37.5 Å². The van der Waals surface area contributed by atoms with Crippen LogP contribution in [0.4, 0.5) is 13.2 Å². The van der Waals surface area contributed by atoms with Gasteiger partial charge in [-0.2, -0.15) is 0 Å². The number of hydrogen-bond donors (Lipinski definition) is 1. The first-order chi connectivity index (χ1) is 14.3. The molecule has 2 rings (SSSR count). The van der Waals surface area contributed by atoms with Crippen molar-refractivity contribution in [1.29, 1.82) is 0 Å². The van der Waals surface area contributed by atoms with Gasteiger partial charge < -0.3 is 19.5 Å². The van der Waals surface area contributed by atoms with Crippen LogP contribution in [-0.4, -0.2) is 39.6 Å². The van der Waals surface area contributed by atoms with Gasteiger partial charge in [-0.05, 0) is 48.7 Å². The molecule has 1 N–H and O–H groups in total. The highest BCUT2D eigenvalue weighted by Gasteiger charge is 2.30. The molecule has 0 unspecified atom stereocenters. The van der Waals surface area contributed by atoms with Crippen molar-refractivity contribution in [3.63, 3.8) is 0 Å². The van der Waals surface area contributed by atoms with Crippen LogP contribution in [0.15, 0.2) is 42.5 Å². The van der Waals surface area contributed by atoms with Crippen molar-refractivity contribution in [2.45, 2.75) is 19.2 Å². The molecule has 0 saturated heterocycles. The fraction of sp³-hybridized carbons (Fsp3) is 0.318. The monoisotopic (exact) mass is 423 g/mol. The van der Waals surface area contributed by atoms with Crippen molar-refractivity contribution < 1.29 is 32.2 Å². The quantitative estimate of drug-likeness (QED) is 0.435. The van der Waals surface area contributed by atoms with Gasteiger partial charge in [-0.15, -0.1) is 13.2 Å². The fourth-order valence-electron chi connectivity index (χ4n) is 2.65. The van der Waals surface area contributed by atoms with Crippen LogP contribution in [0.25, 0.3) is 12.2 Å². The zero-order valence-corrected chi connectivity index (χ0v) is 16.8. The minimum atomic E-state index is -4.73. The molecule has 0 spiro atoms. The lowest BCUT2D eigenvalue weighted by Gasteiger charge is -2.09. The van der Waals surface area contributed by atoms with Crippen molar-refractivity contribution in [3.05, 3.63) is 59.2 Å². The maximum Gasteiger partial charge on any atom is 0.573 e.